The van der Waals surface area contributed by atoms with Crippen molar-refractivity contribution >= 4 is 6.09 Å². The summed E-state index contributed by atoms with van der Waals surface area (Å²) < 4.78 is 19.7. The Hall–Kier alpha value is -1.69. The number of halogens is 1. The van der Waals surface area contributed by atoms with Gasteiger partial charge in [0.25, 0.3) is 0 Å². The molecular weight excluding hydrogens is 311 g/mol. The van der Waals surface area contributed by atoms with E-state index < -0.39 is 29.2 Å². The number of rotatable bonds is 2. The summed E-state index contributed by atoms with van der Waals surface area (Å²) in [5.41, 5.74) is -1.61. The third kappa shape index (κ3) is 2.57. The SMILES string of the molecule is CC(C)(C)OC(=O)N1C2(C)CCC1([C@H](O)c1ccncc1F)CC2. The fourth-order valence-corrected chi connectivity index (χ4v) is 4.21. The fourth-order valence-electron chi connectivity index (χ4n) is 4.21. The molecule has 0 radical (unpaired) electrons. The van der Waals surface area contributed by atoms with E-state index in [0.29, 0.717) is 12.8 Å². The average Bonchev–Trinajstić information content (AvgIpc) is 2.94. The number of ether oxygens (including phenoxy) is 1. The van der Waals surface area contributed by atoms with Crippen molar-refractivity contribution in [1.82, 2.24) is 9.88 Å². The highest BCUT2D eigenvalue weighted by molar-refractivity contribution is 5.72. The second kappa shape index (κ2) is 5.41. The van der Waals surface area contributed by atoms with E-state index >= 15 is 0 Å². The Balaban J connectivity index is 1.98. The molecule has 132 valence electrons. The van der Waals surface area contributed by atoms with Gasteiger partial charge in [0, 0.05) is 17.3 Å². The number of carbonyl (C=O) groups excluding carboxylic acids is 1. The molecular formula is C18H25FN2O3. The zero-order chi connectivity index (χ0) is 17.8. The summed E-state index contributed by atoms with van der Waals surface area (Å²) in [6.07, 6.45) is 3.82. The maximum Gasteiger partial charge on any atom is 0.411 e. The van der Waals surface area contributed by atoms with Crippen molar-refractivity contribution in [1.29, 1.82) is 0 Å². The zero-order valence-electron chi connectivity index (χ0n) is 14.7. The minimum atomic E-state index is -1.10. The number of hydrogen-bond donors (Lipinski definition) is 1. The summed E-state index contributed by atoms with van der Waals surface area (Å²) in [6, 6.07) is 1.48. The van der Waals surface area contributed by atoms with Gasteiger partial charge in [-0.3, -0.25) is 9.88 Å². The monoisotopic (exact) mass is 336 g/mol. The summed E-state index contributed by atoms with van der Waals surface area (Å²) >= 11 is 0. The van der Waals surface area contributed by atoms with Gasteiger partial charge >= 0.3 is 6.09 Å². The zero-order valence-corrected chi connectivity index (χ0v) is 14.7. The van der Waals surface area contributed by atoms with Crippen molar-refractivity contribution in [3.8, 4) is 0 Å². The van der Waals surface area contributed by atoms with Crippen molar-refractivity contribution in [2.75, 3.05) is 0 Å². The maximum absolute atomic E-state index is 14.2. The molecule has 5 nitrogen and oxygen atoms in total. The molecule has 2 aliphatic heterocycles. The molecule has 3 rings (SSSR count). The summed E-state index contributed by atoms with van der Waals surface area (Å²) in [4.78, 5) is 18.3. The molecule has 2 aliphatic rings. The van der Waals surface area contributed by atoms with Crippen LogP contribution in [0.1, 0.15) is 65.0 Å². The first kappa shape index (κ1) is 17.1. The Morgan fingerprint density at radius 3 is 2.54 bits per heavy atom. The van der Waals surface area contributed by atoms with E-state index in [0.717, 1.165) is 19.0 Å². The number of amides is 1. The summed E-state index contributed by atoms with van der Waals surface area (Å²) in [5.74, 6) is -0.552. The molecule has 0 spiro atoms. The van der Waals surface area contributed by atoms with Gasteiger partial charge in [0.15, 0.2) is 0 Å². The van der Waals surface area contributed by atoms with Crippen LogP contribution in [0, 0.1) is 5.82 Å². The Kier molecular flexibility index (Phi) is 3.86. The normalized spacial score (nSPS) is 30.5. The van der Waals surface area contributed by atoms with Gasteiger partial charge in [0.2, 0.25) is 0 Å². The smallest absolute Gasteiger partial charge is 0.411 e. The maximum atomic E-state index is 14.2. The first-order valence-electron chi connectivity index (χ1n) is 8.40. The molecule has 2 saturated heterocycles. The molecule has 1 amide bonds. The van der Waals surface area contributed by atoms with Gasteiger partial charge in [-0.15, -0.1) is 0 Å². The molecule has 6 heteroatoms. The van der Waals surface area contributed by atoms with Gasteiger partial charge in [0.05, 0.1) is 11.7 Å². The minimum Gasteiger partial charge on any atom is -0.444 e. The number of fused-ring (bicyclic) bond motifs is 2. The highest BCUT2D eigenvalue weighted by atomic mass is 19.1. The van der Waals surface area contributed by atoms with Crippen LogP contribution in [0.4, 0.5) is 9.18 Å². The Labute approximate surface area is 141 Å². The average molecular weight is 336 g/mol. The third-order valence-corrected chi connectivity index (χ3v) is 5.36. The summed E-state index contributed by atoms with van der Waals surface area (Å²) in [5, 5.41) is 11.0. The molecule has 1 aromatic heterocycles. The molecule has 1 aromatic rings. The van der Waals surface area contributed by atoms with Gasteiger partial charge in [-0.25, -0.2) is 9.18 Å². The van der Waals surface area contributed by atoms with Crippen LogP contribution in [0.25, 0.3) is 0 Å². The molecule has 3 heterocycles. The third-order valence-electron chi connectivity index (χ3n) is 5.36. The molecule has 0 saturated carbocycles. The van der Waals surface area contributed by atoms with Crippen LogP contribution in [0.15, 0.2) is 18.5 Å². The van der Waals surface area contributed by atoms with E-state index in [2.05, 4.69) is 4.98 Å². The van der Waals surface area contributed by atoms with Crippen LogP contribution >= 0.6 is 0 Å². The number of hydrogen-bond acceptors (Lipinski definition) is 4. The summed E-state index contributed by atoms with van der Waals surface area (Å²) in [6.45, 7) is 7.46. The first-order chi connectivity index (χ1) is 11.1. The molecule has 0 aromatic carbocycles. The van der Waals surface area contributed by atoms with Crippen LogP contribution in [0.3, 0.4) is 0 Å². The molecule has 0 aliphatic carbocycles. The second-order valence-electron chi connectivity index (χ2n) is 8.22. The lowest BCUT2D eigenvalue weighted by atomic mass is 9.78. The van der Waals surface area contributed by atoms with E-state index in [-0.39, 0.29) is 11.1 Å². The number of carbonyl (C=O) groups is 1. The standard InChI is InChI=1S/C18H25FN2O3/c1-16(2,3)24-15(23)21-17(4)6-8-18(21,9-7-17)14(22)12-5-10-20-11-13(12)19/h5,10-11,14,22H,6-9H2,1-4H3/t14-,17?,18?/m1/s1. The number of nitrogens with zero attached hydrogens (tertiary/aromatic N) is 2. The van der Waals surface area contributed by atoms with E-state index in [1.807, 2.05) is 27.7 Å². The number of aliphatic hydroxyl groups is 1. The molecule has 2 bridgehead atoms. The van der Waals surface area contributed by atoms with Crippen LogP contribution in [-0.2, 0) is 4.74 Å². The van der Waals surface area contributed by atoms with Gasteiger partial charge in [-0.1, -0.05) is 0 Å². The van der Waals surface area contributed by atoms with Gasteiger partial charge in [-0.2, -0.15) is 0 Å². The molecule has 24 heavy (non-hydrogen) atoms. The number of aromatic nitrogens is 1. The molecule has 1 atom stereocenters. The van der Waals surface area contributed by atoms with E-state index in [1.54, 1.807) is 4.90 Å². The molecule has 2 fully saturated rings. The lowest BCUT2D eigenvalue weighted by Gasteiger charge is -2.41. The van der Waals surface area contributed by atoms with Crippen molar-refractivity contribution in [3.63, 3.8) is 0 Å². The predicted molar refractivity (Wildman–Crippen MR) is 86.8 cm³/mol. The summed E-state index contributed by atoms with van der Waals surface area (Å²) in [7, 11) is 0. The Morgan fingerprint density at radius 2 is 2.00 bits per heavy atom. The van der Waals surface area contributed by atoms with Crippen LogP contribution < -0.4 is 0 Å². The van der Waals surface area contributed by atoms with Gasteiger partial charge in [0.1, 0.15) is 17.5 Å². The van der Waals surface area contributed by atoms with Crippen LogP contribution in [-0.4, -0.2) is 37.8 Å². The Morgan fingerprint density at radius 1 is 1.38 bits per heavy atom. The highest BCUT2D eigenvalue weighted by Crippen LogP contribution is 2.58. The van der Waals surface area contributed by atoms with Gasteiger partial charge < -0.3 is 9.84 Å². The quantitative estimate of drug-likeness (QED) is 0.897. The lowest BCUT2D eigenvalue weighted by Crippen LogP contribution is -2.54. The Bertz CT molecular complexity index is 648. The largest absolute Gasteiger partial charge is 0.444 e. The minimum absolute atomic E-state index is 0.185. The molecule has 1 N–H and O–H groups in total. The molecule has 0 unspecified atom stereocenters. The number of aliphatic hydroxyl groups excluding tert-OH is 1. The number of pyridine rings is 1. The van der Waals surface area contributed by atoms with Crippen LogP contribution in [0.5, 0.6) is 0 Å². The van der Waals surface area contributed by atoms with E-state index in [9.17, 15) is 14.3 Å². The predicted octanol–water partition coefficient (Wildman–Crippen LogP) is 3.58. The lowest BCUT2D eigenvalue weighted by molar-refractivity contribution is -0.0372. The second-order valence-corrected chi connectivity index (χ2v) is 8.22. The van der Waals surface area contributed by atoms with E-state index in [4.69, 9.17) is 4.74 Å². The van der Waals surface area contributed by atoms with Gasteiger partial charge in [-0.05, 0) is 59.4 Å². The highest BCUT2D eigenvalue weighted by Gasteiger charge is 2.64. The van der Waals surface area contributed by atoms with E-state index in [1.165, 1.54) is 12.3 Å². The van der Waals surface area contributed by atoms with Crippen LogP contribution in [0.2, 0.25) is 0 Å². The fraction of sp³-hybridized carbons (Fsp3) is 0.667. The first-order valence-corrected chi connectivity index (χ1v) is 8.40. The van der Waals surface area contributed by atoms with Crippen molar-refractivity contribution in [2.24, 2.45) is 0 Å². The van der Waals surface area contributed by atoms with Crippen molar-refractivity contribution < 1.29 is 19.0 Å². The van der Waals surface area contributed by atoms with Crippen molar-refractivity contribution in [2.45, 2.75) is 76.2 Å². The topological polar surface area (TPSA) is 62.7 Å². The van der Waals surface area contributed by atoms with Crippen molar-refractivity contribution in [3.05, 3.63) is 29.8 Å².